The van der Waals surface area contributed by atoms with Crippen LogP contribution in [0.25, 0.3) is 0 Å². The largest absolute Gasteiger partial charge is 0.480 e. The normalized spacial score (nSPS) is 13.0. The zero-order valence-corrected chi connectivity index (χ0v) is 27.0. The van der Waals surface area contributed by atoms with Crippen molar-refractivity contribution in [3.05, 3.63) is 72.9 Å². The van der Waals surface area contributed by atoms with Crippen LogP contribution in [-0.2, 0) is 19.1 Å². The van der Waals surface area contributed by atoms with Gasteiger partial charge in [0.1, 0.15) is 12.6 Å². The highest BCUT2D eigenvalue weighted by molar-refractivity contribution is 5.80. The van der Waals surface area contributed by atoms with E-state index in [4.69, 9.17) is 9.84 Å². The number of esters is 1. The molecule has 242 valence electrons. The minimum absolute atomic E-state index is 0.129. The molecule has 2 N–H and O–H groups in total. The number of ether oxygens (including phenoxy) is 1. The van der Waals surface area contributed by atoms with Gasteiger partial charge in [-0.15, -0.1) is 0 Å². The first-order valence-electron chi connectivity index (χ1n) is 16.6. The van der Waals surface area contributed by atoms with Crippen LogP contribution >= 0.6 is 0 Å². The average molecular weight is 598 g/mol. The maximum atomic E-state index is 12.4. The van der Waals surface area contributed by atoms with Gasteiger partial charge >= 0.3 is 11.9 Å². The number of hydrogen-bond donors (Lipinski definition) is 2. The summed E-state index contributed by atoms with van der Waals surface area (Å²) in [5, 5.41) is 11.0. The Balaban J connectivity index is 3.96. The van der Waals surface area contributed by atoms with E-state index in [9.17, 15) is 14.4 Å². The highest BCUT2D eigenvalue weighted by Crippen LogP contribution is 2.14. The molecule has 6 heteroatoms. The van der Waals surface area contributed by atoms with Crippen molar-refractivity contribution < 1.29 is 24.2 Å². The highest BCUT2D eigenvalue weighted by atomic mass is 16.5. The fourth-order valence-corrected chi connectivity index (χ4v) is 4.16. The van der Waals surface area contributed by atoms with Gasteiger partial charge in [-0.25, -0.2) is 0 Å². The van der Waals surface area contributed by atoms with E-state index in [0.29, 0.717) is 12.8 Å². The molecule has 0 aliphatic rings. The standard InChI is InChI=1S/C37H59NO5/c1-3-5-7-8-9-10-11-12-13-14-15-16-17-18-19-20-21-22-28-32-37(42)43-34(29-25-6-4-2)30-26-23-24-27-31-35(39)38-33-36(40)41/h5,7,9-10,12-13,15-16,18-19,25,29,34H,3-4,6,8,11,14,17,20-24,26-28,30-33H2,1-2H3,(H,38,39)(H,40,41)/b7-5-,10-9-,13-12-,16-15-,19-18-,29-25-. The molecule has 1 unspecified atom stereocenters. The van der Waals surface area contributed by atoms with Crippen LogP contribution in [0.4, 0.5) is 0 Å². The maximum Gasteiger partial charge on any atom is 0.322 e. The summed E-state index contributed by atoms with van der Waals surface area (Å²) in [4.78, 5) is 34.5. The third-order valence-corrected chi connectivity index (χ3v) is 6.58. The van der Waals surface area contributed by atoms with E-state index in [1.165, 1.54) is 0 Å². The van der Waals surface area contributed by atoms with E-state index in [-0.39, 0.29) is 24.5 Å². The number of allylic oxidation sites excluding steroid dienone is 11. The molecule has 0 rings (SSSR count). The van der Waals surface area contributed by atoms with Gasteiger partial charge in [-0.2, -0.15) is 0 Å². The fraction of sp³-hybridized carbons (Fsp3) is 0.595. The first-order valence-corrected chi connectivity index (χ1v) is 16.6. The number of carboxylic acids is 1. The van der Waals surface area contributed by atoms with Gasteiger partial charge in [-0.3, -0.25) is 14.4 Å². The Morgan fingerprint density at radius 3 is 1.81 bits per heavy atom. The van der Waals surface area contributed by atoms with Crippen molar-refractivity contribution >= 4 is 17.8 Å². The summed E-state index contributed by atoms with van der Waals surface area (Å²) in [7, 11) is 0. The van der Waals surface area contributed by atoms with E-state index >= 15 is 0 Å². The molecule has 1 atom stereocenters. The van der Waals surface area contributed by atoms with E-state index < -0.39 is 5.97 Å². The molecule has 0 fully saturated rings. The molecule has 0 aliphatic carbocycles. The molecular weight excluding hydrogens is 538 g/mol. The molecule has 0 spiro atoms. The quantitative estimate of drug-likeness (QED) is 0.0532. The first-order chi connectivity index (χ1) is 21.0. The Bertz CT molecular complexity index is 881. The summed E-state index contributed by atoms with van der Waals surface area (Å²) < 4.78 is 5.76. The minimum Gasteiger partial charge on any atom is -0.480 e. The van der Waals surface area contributed by atoms with Gasteiger partial charge < -0.3 is 15.2 Å². The summed E-state index contributed by atoms with van der Waals surface area (Å²) in [6.07, 6.45) is 42.1. The van der Waals surface area contributed by atoms with E-state index in [2.05, 4.69) is 86.0 Å². The lowest BCUT2D eigenvalue weighted by molar-refractivity contribution is -0.147. The predicted octanol–water partition coefficient (Wildman–Crippen LogP) is 9.50. The molecule has 1 amide bonds. The Hall–Kier alpha value is -3.15. The van der Waals surface area contributed by atoms with Crippen LogP contribution in [0.2, 0.25) is 0 Å². The number of unbranched alkanes of at least 4 members (excludes halogenated alkanes) is 7. The minimum atomic E-state index is -1.04. The van der Waals surface area contributed by atoms with Crippen LogP contribution in [0.15, 0.2) is 72.9 Å². The number of nitrogens with one attached hydrogen (secondary N) is 1. The summed E-state index contributed by atoms with van der Waals surface area (Å²) in [5.41, 5.74) is 0. The molecule has 0 aromatic heterocycles. The SMILES string of the molecule is CC/C=C\C/C=C\C/C=C\C/C=C\C/C=C\CCCCCC(=O)OC(/C=C\CCC)CCCCCCC(=O)NCC(=O)O. The van der Waals surface area contributed by atoms with Crippen LogP contribution < -0.4 is 5.32 Å². The number of carbonyl (C=O) groups is 3. The van der Waals surface area contributed by atoms with Gasteiger partial charge in [0.05, 0.1) is 0 Å². The monoisotopic (exact) mass is 597 g/mol. The Kier molecular flexibility index (Phi) is 29.5. The third kappa shape index (κ3) is 31.6. The van der Waals surface area contributed by atoms with Gasteiger partial charge in [-0.1, -0.05) is 106 Å². The van der Waals surface area contributed by atoms with Gasteiger partial charge in [0.15, 0.2) is 0 Å². The third-order valence-electron chi connectivity index (χ3n) is 6.58. The van der Waals surface area contributed by atoms with E-state index in [0.717, 1.165) is 103 Å². The number of rotatable bonds is 28. The van der Waals surface area contributed by atoms with Gasteiger partial charge in [-0.05, 0) is 83.1 Å². The van der Waals surface area contributed by atoms with Crippen LogP contribution in [0.5, 0.6) is 0 Å². The molecule has 0 bridgehead atoms. The van der Waals surface area contributed by atoms with Crippen LogP contribution in [0.1, 0.15) is 129 Å². The molecule has 0 radical (unpaired) electrons. The van der Waals surface area contributed by atoms with Crippen molar-refractivity contribution in [3.63, 3.8) is 0 Å². The van der Waals surface area contributed by atoms with Gasteiger partial charge in [0.2, 0.25) is 5.91 Å². The fourth-order valence-electron chi connectivity index (χ4n) is 4.16. The summed E-state index contributed by atoms with van der Waals surface area (Å²) >= 11 is 0. The zero-order chi connectivity index (χ0) is 31.6. The lowest BCUT2D eigenvalue weighted by Crippen LogP contribution is -2.28. The Labute approximate surface area is 262 Å². The second-order valence-electron chi connectivity index (χ2n) is 10.7. The second kappa shape index (κ2) is 31.8. The van der Waals surface area contributed by atoms with Gasteiger partial charge in [0, 0.05) is 12.8 Å². The van der Waals surface area contributed by atoms with Crippen molar-refractivity contribution in [1.29, 1.82) is 0 Å². The van der Waals surface area contributed by atoms with Crippen molar-refractivity contribution in [2.75, 3.05) is 6.54 Å². The van der Waals surface area contributed by atoms with E-state index in [1.54, 1.807) is 0 Å². The molecular formula is C37H59NO5. The van der Waals surface area contributed by atoms with Crippen molar-refractivity contribution in [2.24, 2.45) is 0 Å². The Morgan fingerprint density at radius 2 is 1.21 bits per heavy atom. The van der Waals surface area contributed by atoms with Crippen LogP contribution in [0.3, 0.4) is 0 Å². The smallest absolute Gasteiger partial charge is 0.322 e. The number of carboxylic acid groups (broad SMARTS) is 1. The van der Waals surface area contributed by atoms with E-state index in [1.807, 2.05) is 6.08 Å². The molecule has 43 heavy (non-hydrogen) atoms. The Morgan fingerprint density at radius 1 is 0.651 bits per heavy atom. The number of hydrogen-bond acceptors (Lipinski definition) is 4. The van der Waals surface area contributed by atoms with Crippen molar-refractivity contribution in [3.8, 4) is 0 Å². The molecule has 0 saturated carbocycles. The molecule has 0 aliphatic heterocycles. The molecule has 0 aromatic rings. The molecule has 0 saturated heterocycles. The molecule has 0 aromatic carbocycles. The molecule has 6 nitrogen and oxygen atoms in total. The van der Waals surface area contributed by atoms with Crippen molar-refractivity contribution in [1.82, 2.24) is 5.32 Å². The second-order valence-corrected chi connectivity index (χ2v) is 10.7. The summed E-state index contributed by atoms with van der Waals surface area (Å²) in [5.74, 6) is -1.39. The van der Waals surface area contributed by atoms with Crippen molar-refractivity contribution in [2.45, 2.75) is 136 Å². The first kappa shape index (κ1) is 39.8. The number of amides is 1. The maximum absolute atomic E-state index is 12.4. The predicted molar refractivity (Wildman–Crippen MR) is 180 cm³/mol. The average Bonchev–Trinajstić information content (AvgIpc) is 2.98. The topological polar surface area (TPSA) is 92.7 Å². The number of aliphatic carboxylic acids is 1. The summed E-state index contributed by atoms with van der Waals surface area (Å²) in [6, 6.07) is 0. The van der Waals surface area contributed by atoms with Crippen LogP contribution in [0, 0.1) is 0 Å². The number of carbonyl (C=O) groups excluding carboxylic acids is 2. The lowest BCUT2D eigenvalue weighted by Gasteiger charge is -2.14. The zero-order valence-electron chi connectivity index (χ0n) is 27.0. The lowest BCUT2D eigenvalue weighted by atomic mass is 10.1. The molecule has 0 heterocycles. The summed E-state index contributed by atoms with van der Waals surface area (Å²) in [6.45, 7) is 3.94. The van der Waals surface area contributed by atoms with Gasteiger partial charge in [0.25, 0.3) is 0 Å². The highest BCUT2D eigenvalue weighted by Gasteiger charge is 2.11. The van der Waals surface area contributed by atoms with Crippen LogP contribution in [-0.4, -0.2) is 35.6 Å².